The van der Waals surface area contributed by atoms with E-state index in [0.717, 1.165) is 58.9 Å². The van der Waals surface area contributed by atoms with Crippen molar-refractivity contribution in [2.24, 2.45) is 0 Å². The summed E-state index contributed by atoms with van der Waals surface area (Å²) >= 11 is 3.43. The van der Waals surface area contributed by atoms with Gasteiger partial charge in [-0.15, -0.1) is 22.7 Å². The molecule has 70 heavy (non-hydrogen) atoms. The van der Waals surface area contributed by atoms with Gasteiger partial charge < -0.3 is 9.80 Å². The number of benzene rings is 2. The van der Waals surface area contributed by atoms with Crippen LogP contribution in [-0.2, 0) is 5.54 Å². The van der Waals surface area contributed by atoms with E-state index in [2.05, 4.69) is 81.2 Å². The van der Waals surface area contributed by atoms with Gasteiger partial charge in [-0.2, -0.15) is 10.5 Å². The van der Waals surface area contributed by atoms with E-state index in [-0.39, 0.29) is 33.4 Å². The molecule has 0 amide bonds. The minimum atomic E-state index is -1.14. The zero-order valence-corrected chi connectivity index (χ0v) is 44.9. The van der Waals surface area contributed by atoms with Crippen LogP contribution in [-0.4, -0.2) is 26.9 Å². The third kappa shape index (κ3) is 13.9. The van der Waals surface area contributed by atoms with Gasteiger partial charge in [-0.05, 0) is 72.0 Å². The number of halogens is 2. The van der Waals surface area contributed by atoms with Gasteiger partial charge in [0.1, 0.15) is 17.7 Å². The van der Waals surface area contributed by atoms with E-state index >= 15 is 0 Å². The number of hydrogen-bond donors (Lipinski definition) is 0. The van der Waals surface area contributed by atoms with Gasteiger partial charge in [-0.3, -0.25) is 4.79 Å². The third-order valence-electron chi connectivity index (χ3n) is 15.1. The van der Waals surface area contributed by atoms with Gasteiger partial charge in [-0.25, -0.2) is 8.78 Å². The van der Waals surface area contributed by atoms with Crippen LogP contribution in [0.15, 0.2) is 59.7 Å². The number of unbranched alkanes of at least 4 members (excludes halogenated alkanes) is 24. The number of nitrogens with zero attached hydrogens (tertiary/aromatic N) is 4. The number of allylic oxidation sites excluding steroid dienone is 3. The van der Waals surface area contributed by atoms with Crippen molar-refractivity contribution in [1.29, 1.82) is 10.5 Å². The molecule has 0 radical (unpaired) electrons. The van der Waals surface area contributed by atoms with Crippen molar-refractivity contribution < 1.29 is 13.6 Å². The van der Waals surface area contributed by atoms with Gasteiger partial charge in [0.05, 0.1) is 21.0 Å². The molecule has 0 unspecified atom stereocenters. The van der Waals surface area contributed by atoms with Crippen LogP contribution in [0.5, 0.6) is 0 Å². The predicted molar refractivity (Wildman–Crippen MR) is 295 cm³/mol. The fraction of sp³-hybridized carbons (Fsp3) is 0.557. The number of fused-ring (bicyclic) bond motifs is 4. The standard InChI is InChI=1S/C61H80F2N4OS2/c1-6-8-10-12-14-16-18-20-22-24-26-28-30-36-61(37-31-29-27-25-23-21-19-17-15-13-11-9-7-2)52-42-56(45-32-34-47(35-33-45)66(3)4)70-59(52)60-55(67(61)5)39-48(69-60)38-51-57(46(43-64)44-65)49-40-53(62)54(63)41-50(49)58(51)68/h32-35,38-42H,6-31,36-37H2,1-5H3/b51-38-. The Balaban J connectivity index is 1.28. The lowest BCUT2D eigenvalue weighted by Gasteiger charge is -2.47. The summed E-state index contributed by atoms with van der Waals surface area (Å²) in [5.74, 6) is -2.79. The molecular formula is C61H80F2N4OS2. The van der Waals surface area contributed by atoms with E-state index in [1.807, 2.05) is 23.5 Å². The molecule has 2 aromatic heterocycles. The molecule has 6 rings (SSSR count). The van der Waals surface area contributed by atoms with Gasteiger partial charge in [0.25, 0.3) is 0 Å². The van der Waals surface area contributed by atoms with Crippen LogP contribution in [0.3, 0.4) is 0 Å². The number of carbonyl (C=O) groups excluding carboxylic acids is 1. The van der Waals surface area contributed by atoms with Crippen LogP contribution in [0.25, 0.3) is 31.8 Å². The third-order valence-corrected chi connectivity index (χ3v) is 17.5. The minimum Gasteiger partial charge on any atom is -0.378 e. The van der Waals surface area contributed by atoms with Gasteiger partial charge in [-0.1, -0.05) is 193 Å². The van der Waals surface area contributed by atoms with E-state index in [9.17, 15) is 24.1 Å². The quantitative estimate of drug-likeness (QED) is 0.0285. The Morgan fingerprint density at radius 2 is 1.09 bits per heavy atom. The maximum Gasteiger partial charge on any atom is 0.194 e. The van der Waals surface area contributed by atoms with Crippen molar-refractivity contribution in [3.63, 3.8) is 0 Å². The Morgan fingerprint density at radius 3 is 1.54 bits per heavy atom. The van der Waals surface area contributed by atoms with E-state index < -0.39 is 17.4 Å². The average Bonchev–Trinajstić information content (AvgIpc) is 4.07. The molecule has 0 spiro atoms. The van der Waals surface area contributed by atoms with Crippen molar-refractivity contribution in [3.05, 3.63) is 92.9 Å². The van der Waals surface area contributed by atoms with Crippen molar-refractivity contribution in [2.75, 3.05) is 30.9 Å². The molecule has 4 aromatic rings. The first kappa shape index (κ1) is 54.8. The maximum atomic E-state index is 14.7. The molecule has 2 aromatic carbocycles. The smallest absolute Gasteiger partial charge is 0.194 e. The lowest BCUT2D eigenvalue weighted by atomic mass is 9.76. The van der Waals surface area contributed by atoms with Crippen LogP contribution in [0.4, 0.5) is 20.2 Å². The molecule has 1 aliphatic carbocycles. The van der Waals surface area contributed by atoms with E-state index in [4.69, 9.17) is 0 Å². The maximum absolute atomic E-state index is 14.7. The molecular weight excluding hydrogens is 907 g/mol. The highest BCUT2D eigenvalue weighted by Gasteiger charge is 2.45. The Kier molecular flexibility index (Phi) is 21.8. The molecule has 0 N–H and O–H groups in total. The minimum absolute atomic E-state index is 0.0401. The van der Waals surface area contributed by atoms with E-state index in [1.54, 1.807) is 17.4 Å². The number of nitriles is 2. The van der Waals surface area contributed by atoms with Crippen molar-refractivity contribution >= 4 is 51.5 Å². The molecule has 3 heterocycles. The van der Waals surface area contributed by atoms with Crippen LogP contribution >= 0.6 is 22.7 Å². The SMILES string of the molecule is CCCCCCCCCCCCCCCC1(CCCCCCCCCCCCCCC)c2cc(-c3ccc(N(C)C)cc3)sc2-c2sc(/C=C3\C(=O)c4cc(F)c(F)cc4C3=C(C#N)C#N)cc2N1C. The van der Waals surface area contributed by atoms with Gasteiger partial charge >= 0.3 is 0 Å². The lowest BCUT2D eigenvalue weighted by molar-refractivity contribution is 0.104. The summed E-state index contributed by atoms with van der Waals surface area (Å²) in [6, 6.07) is 19.1. The second kappa shape index (κ2) is 27.9. The Hall–Kier alpha value is -4.57. The van der Waals surface area contributed by atoms with Crippen molar-refractivity contribution in [2.45, 2.75) is 199 Å². The Labute approximate surface area is 428 Å². The topological polar surface area (TPSA) is 71.1 Å². The van der Waals surface area contributed by atoms with E-state index in [1.165, 1.54) is 175 Å². The highest BCUT2D eigenvalue weighted by Crippen LogP contribution is 2.58. The van der Waals surface area contributed by atoms with Crippen molar-refractivity contribution in [3.8, 4) is 32.3 Å². The average molecular weight is 987 g/mol. The highest BCUT2D eigenvalue weighted by molar-refractivity contribution is 7.25. The molecule has 0 atom stereocenters. The first-order valence-corrected chi connectivity index (χ1v) is 28.8. The summed E-state index contributed by atoms with van der Waals surface area (Å²) in [6.07, 6.45) is 38.0. The van der Waals surface area contributed by atoms with Crippen LogP contribution in [0.2, 0.25) is 0 Å². The van der Waals surface area contributed by atoms with Crippen LogP contribution in [0, 0.1) is 34.3 Å². The summed E-state index contributed by atoms with van der Waals surface area (Å²) < 4.78 is 29.3. The van der Waals surface area contributed by atoms with E-state index in [0.29, 0.717) is 0 Å². The fourth-order valence-electron chi connectivity index (χ4n) is 10.9. The highest BCUT2D eigenvalue weighted by atomic mass is 32.1. The molecule has 0 saturated heterocycles. The summed E-state index contributed by atoms with van der Waals surface area (Å²) in [7, 11) is 6.39. The molecule has 2 aliphatic rings. The first-order chi connectivity index (χ1) is 34.1. The van der Waals surface area contributed by atoms with Crippen LogP contribution in [0.1, 0.15) is 220 Å². The molecule has 0 saturated carbocycles. The largest absolute Gasteiger partial charge is 0.378 e. The number of thiophene rings is 2. The molecule has 376 valence electrons. The van der Waals surface area contributed by atoms with Crippen LogP contribution < -0.4 is 9.80 Å². The Bertz CT molecular complexity index is 2420. The number of ketones is 1. The summed E-state index contributed by atoms with van der Waals surface area (Å²) in [5, 5.41) is 20.0. The molecule has 9 heteroatoms. The van der Waals surface area contributed by atoms with Crippen molar-refractivity contribution in [1.82, 2.24) is 0 Å². The van der Waals surface area contributed by atoms with Gasteiger partial charge in [0.2, 0.25) is 0 Å². The summed E-state index contributed by atoms with van der Waals surface area (Å²) in [5.41, 5.74) is 4.49. The van der Waals surface area contributed by atoms with Gasteiger partial charge in [0, 0.05) is 53.3 Å². The second-order valence-electron chi connectivity index (χ2n) is 20.4. The molecule has 1 aliphatic heterocycles. The number of Topliss-reactive ketones (excluding diaryl/α,β-unsaturated/α-hetero) is 1. The van der Waals surface area contributed by atoms with Gasteiger partial charge in [0.15, 0.2) is 17.4 Å². The first-order valence-electron chi connectivity index (χ1n) is 27.2. The monoisotopic (exact) mass is 987 g/mol. The predicted octanol–water partition coefficient (Wildman–Crippen LogP) is 19.2. The molecule has 5 nitrogen and oxygen atoms in total. The normalized spacial score (nSPS) is 14.2. The molecule has 0 fully saturated rings. The number of hydrogen-bond acceptors (Lipinski definition) is 7. The number of rotatable bonds is 31. The summed E-state index contributed by atoms with van der Waals surface area (Å²) in [4.78, 5) is 23.1. The zero-order chi connectivity index (χ0) is 49.9. The zero-order valence-electron chi connectivity index (χ0n) is 43.3. The number of anilines is 2. The summed E-state index contributed by atoms with van der Waals surface area (Å²) in [6.45, 7) is 4.56. The Morgan fingerprint density at radius 1 is 0.629 bits per heavy atom. The lowest BCUT2D eigenvalue weighted by Crippen LogP contribution is -2.46. The fourth-order valence-corrected chi connectivity index (χ4v) is 13.4. The number of carbonyl (C=O) groups is 1. The second-order valence-corrected chi connectivity index (χ2v) is 22.5. The molecule has 0 bridgehead atoms.